The zero-order chi connectivity index (χ0) is 13.8. The molecule has 4 nitrogen and oxygen atoms in total. The van der Waals surface area contributed by atoms with Crippen LogP contribution in [0.5, 0.6) is 5.75 Å². The number of aromatic nitrogens is 1. The number of nitrogens with two attached hydrogens (primary N) is 1. The molecule has 0 saturated heterocycles. The molecule has 19 heavy (non-hydrogen) atoms. The molecule has 1 heterocycles. The fraction of sp³-hybridized carbons (Fsp3) is 0.0769. The van der Waals surface area contributed by atoms with Crippen LogP contribution in [0.4, 0.5) is 11.4 Å². The number of halogens is 1. The molecule has 0 aliphatic rings. The van der Waals surface area contributed by atoms with Crippen LogP contribution in [0.3, 0.4) is 0 Å². The lowest BCUT2D eigenvalue weighted by Crippen LogP contribution is -2.12. The van der Waals surface area contributed by atoms with Crippen LogP contribution in [0, 0.1) is 0 Å². The standard InChI is InChI=1S/C13H12BrN3OS/c1-18-12-3-2-8(6-10(12)14)17-11-7-16-5-4-9(11)13(15)19/h2-7,17H,1H3,(H2,15,19). The van der Waals surface area contributed by atoms with Crippen molar-refractivity contribution in [3.8, 4) is 5.75 Å². The molecular weight excluding hydrogens is 326 g/mol. The van der Waals surface area contributed by atoms with Gasteiger partial charge < -0.3 is 15.8 Å². The van der Waals surface area contributed by atoms with E-state index in [4.69, 9.17) is 22.7 Å². The number of nitrogens with one attached hydrogen (secondary N) is 1. The third-order valence-corrected chi connectivity index (χ3v) is 3.36. The monoisotopic (exact) mass is 337 g/mol. The summed E-state index contributed by atoms with van der Waals surface area (Å²) in [5.41, 5.74) is 8.10. The van der Waals surface area contributed by atoms with Gasteiger partial charge in [0.1, 0.15) is 10.7 Å². The van der Waals surface area contributed by atoms with Crippen molar-refractivity contribution in [2.24, 2.45) is 5.73 Å². The lowest BCUT2D eigenvalue weighted by molar-refractivity contribution is 0.412. The van der Waals surface area contributed by atoms with Crippen LogP contribution in [-0.2, 0) is 0 Å². The van der Waals surface area contributed by atoms with Crippen LogP contribution in [0.15, 0.2) is 41.1 Å². The van der Waals surface area contributed by atoms with Gasteiger partial charge in [-0.05, 0) is 40.2 Å². The maximum absolute atomic E-state index is 5.68. The van der Waals surface area contributed by atoms with Gasteiger partial charge in [0, 0.05) is 17.4 Å². The van der Waals surface area contributed by atoms with Gasteiger partial charge in [0.2, 0.25) is 0 Å². The van der Waals surface area contributed by atoms with E-state index in [0.29, 0.717) is 4.99 Å². The minimum Gasteiger partial charge on any atom is -0.496 e. The van der Waals surface area contributed by atoms with E-state index in [-0.39, 0.29) is 0 Å². The molecule has 0 fully saturated rings. The van der Waals surface area contributed by atoms with Gasteiger partial charge in [0.05, 0.1) is 23.5 Å². The average molecular weight is 338 g/mol. The van der Waals surface area contributed by atoms with E-state index in [1.807, 2.05) is 18.2 Å². The topological polar surface area (TPSA) is 60.2 Å². The third kappa shape index (κ3) is 3.21. The van der Waals surface area contributed by atoms with Gasteiger partial charge in [-0.25, -0.2) is 0 Å². The molecule has 0 bridgehead atoms. The quantitative estimate of drug-likeness (QED) is 0.838. The molecule has 0 atom stereocenters. The van der Waals surface area contributed by atoms with Crippen molar-refractivity contribution in [3.63, 3.8) is 0 Å². The summed E-state index contributed by atoms with van der Waals surface area (Å²) in [5.74, 6) is 0.770. The lowest BCUT2D eigenvalue weighted by Gasteiger charge is -2.11. The number of hydrogen-bond acceptors (Lipinski definition) is 4. The molecule has 98 valence electrons. The molecule has 1 aromatic carbocycles. The minimum absolute atomic E-state index is 0.331. The number of hydrogen-bond donors (Lipinski definition) is 2. The number of nitrogens with zero attached hydrogens (tertiary/aromatic N) is 1. The number of ether oxygens (including phenoxy) is 1. The van der Waals surface area contributed by atoms with Crippen molar-refractivity contribution in [3.05, 3.63) is 46.7 Å². The van der Waals surface area contributed by atoms with E-state index >= 15 is 0 Å². The van der Waals surface area contributed by atoms with E-state index in [1.54, 1.807) is 25.6 Å². The summed E-state index contributed by atoms with van der Waals surface area (Å²) in [6.07, 6.45) is 3.34. The number of rotatable bonds is 4. The Kier molecular flexibility index (Phi) is 4.34. The SMILES string of the molecule is COc1ccc(Nc2cnccc2C(N)=S)cc1Br. The van der Waals surface area contributed by atoms with Crippen LogP contribution in [0.2, 0.25) is 0 Å². The van der Waals surface area contributed by atoms with E-state index in [1.165, 1.54) is 0 Å². The highest BCUT2D eigenvalue weighted by atomic mass is 79.9. The second-order valence-electron chi connectivity index (χ2n) is 3.76. The van der Waals surface area contributed by atoms with Crippen LogP contribution in [-0.4, -0.2) is 17.1 Å². The van der Waals surface area contributed by atoms with Gasteiger partial charge in [-0.1, -0.05) is 12.2 Å². The number of thiocarbonyl (C=S) groups is 1. The molecule has 0 radical (unpaired) electrons. The zero-order valence-electron chi connectivity index (χ0n) is 10.2. The smallest absolute Gasteiger partial charge is 0.133 e. The second-order valence-corrected chi connectivity index (χ2v) is 5.05. The number of methoxy groups -OCH3 is 1. The number of pyridine rings is 1. The van der Waals surface area contributed by atoms with Crippen molar-refractivity contribution in [2.75, 3.05) is 12.4 Å². The fourth-order valence-corrected chi connectivity index (χ4v) is 2.33. The normalized spacial score (nSPS) is 10.0. The summed E-state index contributed by atoms with van der Waals surface area (Å²) in [7, 11) is 1.62. The molecule has 0 aliphatic heterocycles. The van der Waals surface area contributed by atoms with Crippen LogP contribution in [0.25, 0.3) is 0 Å². The summed E-state index contributed by atoms with van der Waals surface area (Å²) >= 11 is 8.45. The van der Waals surface area contributed by atoms with E-state index < -0.39 is 0 Å². The van der Waals surface area contributed by atoms with Gasteiger partial charge in [-0.15, -0.1) is 0 Å². The van der Waals surface area contributed by atoms with Crippen molar-refractivity contribution in [2.45, 2.75) is 0 Å². The van der Waals surface area contributed by atoms with Crippen LogP contribution in [0.1, 0.15) is 5.56 Å². The molecule has 1 aromatic heterocycles. The van der Waals surface area contributed by atoms with Crippen molar-refractivity contribution in [1.82, 2.24) is 4.98 Å². The summed E-state index contributed by atoms with van der Waals surface area (Å²) in [6.45, 7) is 0. The Morgan fingerprint density at radius 1 is 1.42 bits per heavy atom. The Bertz CT molecular complexity index is 619. The largest absolute Gasteiger partial charge is 0.496 e. The van der Waals surface area contributed by atoms with Crippen molar-refractivity contribution in [1.29, 1.82) is 0 Å². The second kappa shape index (κ2) is 5.99. The molecule has 0 aliphatic carbocycles. The average Bonchev–Trinajstić information content (AvgIpc) is 2.39. The molecule has 0 saturated carbocycles. The zero-order valence-corrected chi connectivity index (χ0v) is 12.6. The molecule has 2 aromatic rings. The van der Waals surface area contributed by atoms with Crippen LogP contribution >= 0.6 is 28.1 Å². The van der Waals surface area contributed by atoms with E-state index in [2.05, 4.69) is 26.2 Å². The summed E-state index contributed by atoms with van der Waals surface area (Å²) in [4.78, 5) is 4.40. The molecule has 0 unspecified atom stereocenters. The van der Waals surface area contributed by atoms with E-state index in [0.717, 1.165) is 27.2 Å². The predicted molar refractivity (Wildman–Crippen MR) is 84.1 cm³/mol. The highest BCUT2D eigenvalue weighted by Gasteiger charge is 2.07. The molecule has 3 N–H and O–H groups in total. The van der Waals surface area contributed by atoms with Crippen molar-refractivity contribution < 1.29 is 4.74 Å². The Labute approximate surface area is 125 Å². The van der Waals surface area contributed by atoms with Gasteiger partial charge >= 0.3 is 0 Å². The molecule has 0 spiro atoms. The van der Waals surface area contributed by atoms with E-state index in [9.17, 15) is 0 Å². The van der Waals surface area contributed by atoms with Gasteiger partial charge in [-0.3, -0.25) is 4.98 Å². The van der Waals surface area contributed by atoms with Crippen LogP contribution < -0.4 is 15.8 Å². The Hall–Kier alpha value is -1.66. The maximum Gasteiger partial charge on any atom is 0.133 e. The summed E-state index contributed by atoms with van der Waals surface area (Å²) in [5, 5.41) is 3.23. The summed E-state index contributed by atoms with van der Waals surface area (Å²) < 4.78 is 6.05. The minimum atomic E-state index is 0.331. The number of anilines is 2. The molecule has 6 heteroatoms. The first-order valence-electron chi connectivity index (χ1n) is 5.46. The highest BCUT2D eigenvalue weighted by molar-refractivity contribution is 9.10. The lowest BCUT2D eigenvalue weighted by atomic mass is 10.2. The number of benzene rings is 1. The van der Waals surface area contributed by atoms with Crippen molar-refractivity contribution >= 4 is 44.5 Å². The third-order valence-electron chi connectivity index (χ3n) is 2.52. The first-order chi connectivity index (χ1) is 9.11. The van der Waals surface area contributed by atoms with Gasteiger partial charge in [0.15, 0.2) is 0 Å². The first kappa shape index (κ1) is 13.8. The fourth-order valence-electron chi connectivity index (χ4n) is 1.61. The Morgan fingerprint density at radius 2 is 2.21 bits per heavy atom. The molecular formula is C13H12BrN3OS. The molecule has 0 amide bonds. The predicted octanol–water partition coefficient (Wildman–Crippen LogP) is 3.23. The maximum atomic E-state index is 5.68. The van der Waals surface area contributed by atoms with Gasteiger partial charge in [0.25, 0.3) is 0 Å². The molecule has 2 rings (SSSR count). The Morgan fingerprint density at radius 3 is 2.84 bits per heavy atom. The highest BCUT2D eigenvalue weighted by Crippen LogP contribution is 2.29. The van der Waals surface area contributed by atoms with Gasteiger partial charge in [-0.2, -0.15) is 0 Å². The summed E-state index contributed by atoms with van der Waals surface area (Å²) in [6, 6.07) is 7.46. The first-order valence-corrected chi connectivity index (χ1v) is 6.66. The Balaban J connectivity index is 2.31.